The van der Waals surface area contributed by atoms with Crippen LogP contribution in [0.5, 0.6) is 5.75 Å². The molecule has 2 heterocycles. The largest absolute Gasteiger partial charge is 0.435 e. The van der Waals surface area contributed by atoms with E-state index in [2.05, 4.69) is 25.5 Å². The van der Waals surface area contributed by atoms with E-state index in [0.717, 1.165) is 0 Å². The molecule has 2 aliphatic rings. The van der Waals surface area contributed by atoms with Crippen LogP contribution in [0.2, 0.25) is 10.0 Å². The lowest BCUT2D eigenvalue weighted by Crippen LogP contribution is -2.53. The number of β-amino-alcohol motifs (C(OH)–C–C–N with tert-alkyl or cyclic N) is 1. The molecular formula is C25H25Cl2F2N7O3. The Balaban J connectivity index is 1.72. The third kappa shape index (κ3) is 6.75. The molecule has 0 aromatic heterocycles. The first-order valence-electron chi connectivity index (χ1n) is 12.0. The number of carbonyl (C=O) groups is 1. The number of aliphatic hydroxyl groups excluding tert-OH is 1. The maximum atomic E-state index is 13.5. The van der Waals surface area contributed by atoms with E-state index in [4.69, 9.17) is 23.2 Å². The topological polar surface area (TPSA) is 126 Å². The highest BCUT2D eigenvalue weighted by atomic mass is 35.5. The molecule has 3 N–H and O–H groups in total. The molecule has 0 aliphatic carbocycles. The fourth-order valence-electron chi connectivity index (χ4n) is 4.46. The average Bonchev–Trinajstić information content (AvgIpc) is 3.53. The average molecular weight is 580 g/mol. The zero-order valence-electron chi connectivity index (χ0n) is 20.7. The predicted octanol–water partition coefficient (Wildman–Crippen LogP) is 3.31. The number of hydrogen-bond acceptors (Lipinski definition) is 7. The summed E-state index contributed by atoms with van der Waals surface area (Å²) in [6.45, 7) is -0.417. The third-order valence-corrected chi connectivity index (χ3v) is 6.94. The number of nitrogens with one attached hydrogen (secondary N) is 2. The predicted molar refractivity (Wildman–Crippen MR) is 142 cm³/mol. The Morgan fingerprint density at radius 3 is 2.79 bits per heavy atom. The van der Waals surface area contributed by atoms with Crippen molar-refractivity contribution in [2.24, 2.45) is 10.1 Å². The first-order chi connectivity index (χ1) is 18.7. The number of nitrogens with zero attached hydrogens (tertiary/aromatic N) is 5. The number of likely N-dealkylation sites (N-methyl/N-ethyl adjacent to an activating group) is 1. The van der Waals surface area contributed by atoms with Crippen LogP contribution in [-0.4, -0.2) is 77.0 Å². The van der Waals surface area contributed by atoms with Gasteiger partial charge in [-0.05, 0) is 37.6 Å². The molecule has 0 spiro atoms. The summed E-state index contributed by atoms with van der Waals surface area (Å²) in [4.78, 5) is 19.5. The molecule has 2 aliphatic heterocycles. The molecule has 1 saturated heterocycles. The van der Waals surface area contributed by atoms with E-state index in [1.165, 1.54) is 23.2 Å². The van der Waals surface area contributed by atoms with E-state index in [1.807, 2.05) is 13.1 Å². The van der Waals surface area contributed by atoms with Gasteiger partial charge in [-0.25, -0.2) is 10.0 Å². The van der Waals surface area contributed by atoms with Gasteiger partial charge in [0, 0.05) is 24.7 Å². The van der Waals surface area contributed by atoms with Crippen LogP contribution in [0, 0.1) is 11.5 Å². The minimum atomic E-state index is -3.01. The van der Waals surface area contributed by atoms with Gasteiger partial charge < -0.3 is 20.1 Å². The zero-order valence-corrected chi connectivity index (χ0v) is 22.2. The first kappa shape index (κ1) is 28.5. The number of halogens is 4. The van der Waals surface area contributed by atoms with Crippen molar-refractivity contribution in [3.8, 4) is 11.9 Å². The normalized spacial score (nSPS) is 21.1. The number of aliphatic hydroxyl groups is 1. The summed E-state index contributed by atoms with van der Waals surface area (Å²) < 4.78 is 29.8. The second-order valence-electron chi connectivity index (χ2n) is 8.73. The van der Waals surface area contributed by atoms with E-state index in [9.17, 15) is 23.9 Å². The molecule has 206 valence electrons. The van der Waals surface area contributed by atoms with Gasteiger partial charge >= 0.3 is 6.61 Å². The molecule has 3 atom stereocenters. The van der Waals surface area contributed by atoms with Crippen LogP contribution < -0.4 is 15.4 Å². The number of carbonyl (C=O) groups excluding carboxylic acids is 1. The van der Waals surface area contributed by atoms with Gasteiger partial charge in [-0.2, -0.15) is 19.1 Å². The fourth-order valence-corrected chi connectivity index (χ4v) is 4.76. The number of aliphatic imine (C=N–C) groups is 1. The number of benzene rings is 2. The summed E-state index contributed by atoms with van der Waals surface area (Å²) in [6, 6.07) is 9.51. The van der Waals surface area contributed by atoms with Crippen molar-refractivity contribution in [2.75, 3.05) is 19.6 Å². The third-order valence-electron chi connectivity index (χ3n) is 6.20. The van der Waals surface area contributed by atoms with E-state index in [0.29, 0.717) is 34.4 Å². The van der Waals surface area contributed by atoms with Crippen molar-refractivity contribution in [1.82, 2.24) is 20.5 Å². The monoisotopic (exact) mass is 579 g/mol. The zero-order chi connectivity index (χ0) is 28.1. The maximum Gasteiger partial charge on any atom is 0.387 e. The summed E-state index contributed by atoms with van der Waals surface area (Å²) >= 11 is 12.4. The molecule has 10 nitrogen and oxygen atoms in total. The van der Waals surface area contributed by atoms with Crippen molar-refractivity contribution in [3.63, 3.8) is 0 Å². The molecule has 0 saturated carbocycles. The molecule has 1 fully saturated rings. The number of amides is 1. The molecule has 1 amide bonds. The minimum Gasteiger partial charge on any atom is -0.435 e. The van der Waals surface area contributed by atoms with Crippen LogP contribution in [0.1, 0.15) is 18.9 Å². The second kappa shape index (κ2) is 12.6. The highest BCUT2D eigenvalue weighted by Crippen LogP contribution is 2.28. The lowest BCUT2D eigenvalue weighted by molar-refractivity contribution is -0.134. The van der Waals surface area contributed by atoms with Crippen molar-refractivity contribution >= 4 is 46.5 Å². The highest BCUT2D eigenvalue weighted by molar-refractivity contribution is 6.42. The van der Waals surface area contributed by atoms with Crippen LogP contribution in [0.15, 0.2) is 52.6 Å². The number of ether oxygens (including phenoxy) is 1. The lowest BCUT2D eigenvalue weighted by atomic mass is 10.0. The fraction of sp³-hybridized carbons (Fsp3) is 0.360. The van der Waals surface area contributed by atoms with Crippen LogP contribution in [0.25, 0.3) is 0 Å². The number of guanidine groups is 1. The number of hydrogen-bond donors (Lipinski definition) is 3. The second-order valence-corrected chi connectivity index (χ2v) is 9.55. The molecule has 0 radical (unpaired) electrons. The smallest absolute Gasteiger partial charge is 0.387 e. The Kier molecular flexibility index (Phi) is 9.19. The van der Waals surface area contributed by atoms with E-state index >= 15 is 0 Å². The molecule has 2 aromatic carbocycles. The van der Waals surface area contributed by atoms with Gasteiger partial charge in [-0.3, -0.25) is 10.1 Å². The van der Waals surface area contributed by atoms with E-state index in [-0.39, 0.29) is 36.3 Å². The highest BCUT2D eigenvalue weighted by Gasteiger charge is 2.40. The molecule has 14 heteroatoms. The molecule has 0 unspecified atom stereocenters. The van der Waals surface area contributed by atoms with Gasteiger partial charge in [-0.1, -0.05) is 35.3 Å². The summed E-state index contributed by atoms with van der Waals surface area (Å²) in [5.74, 6) is -0.308. The van der Waals surface area contributed by atoms with Gasteiger partial charge in [0.05, 0.1) is 46.2 Å². The Hall–Kier alpha value is -3.50. The van der Waals surface area contributed by atoms with Gasteiger partial charge in [0.2, 0.25) is 11.9 Å². The molecular weight excluding hydrogens is 555 g/mol. The van der Waals surface area contributed by atoms with Crippen LogP contribution >= 0.6 is 23.2 Å². The Labute approximate surface area is 233 Å². The Bertz CT molecular complexity index is 1320. The lowest BCUT2D eigenvalue weighted by Gasteiger charge is -2.31. The van der Waals surface area contributed by atoms with Crippen molar-refractivity contribution < 1.29 is 23.4 Å². The SMILES string of the molecule is CCN(C(=O)[C@H]1C[C@@H](O)CN1)[C@@H]1CN(C(=Nc2cccc(OC(F)F)c2)NC#N)N=C1c1ccc(Cl)c(Cl)c1. The van der Waals surface area contributed by atoms with Crippen LogP contribution in [-0.2, 0) is 4.79 Å². The van der Waals surface area contributed by atoms with Gasteiger partial charge in [0.25, 0.3) is 0 Å². The minimum absolute atomic E-state index is 0.00433. The maximum absolute atomic E-state index is 13.5. The summed E-state index contributed by atoms with van der Waals surface area (Å²) in [5, 5.41) is 31.6. The van der Waals surface area contributed by atoms with Gasteiger partial charge in [0.1, 0.15) is 5.75 Å². The summed E-state index contributed by atoms with van der Waals surface area (Å²) in [5.41, 5.74) is 1.31. The van der Waals surface area contributed by atoms with Gasteiger partial charge in [0.15, 0.2) is 6.19 Å². The van der Waals surface area contributed by atoms with E-state index in [1.54, 1.807) is 29.2 Å². The van der Waals surface area contributed by atoms with Gasteiger partial charge in [-0.15, -0.1) is 0 Å². The first-order valence-corrected chi connectivity index (χ1v) is 12.8. The summed E-state index contributed by atoms with van der Waals surface area (Å²) in [6.07, 6.45) is 1.48. The number of nitriles is 1. The molecule has 4 rings (SSSR count). The van der Waals surface area contributed by atoms with Crippen LogP contribution in [0.3, 0.4) is 0 Å². The van der Waals surface area contributed by atoms with Crippen molar-refractivity contribution in [2.45, 2.75) is 38.1 Å². The Morgan fingerprint density at radius 2 is 2.15 bits per heavy atom. The Morgan fingerprint density at radius 1 is 1.36 bits per heavy atom. The molecule has 0 bridgehead atoms. The quantitative estimate of drug-likeness (QED) is 0.199. The van der Waals surface area contributed by atoms with E-state index < -0.39 is 24.8 Å². The molecule has 2 aromatic rings. The number of rotatable bonds is 7. The van der Waals surface area contributed by atoms with Crippen molar-refractivity contribution in [3.05, 3.63) is 58.1 Å². The van der Waals surface area contributed by atoms with Crippen molar-refractivity contribution in [1.29, 1.82) is 5.26 Å². The molecule has 39 heavy (non-hydrogen) atoms. The number of alkyl halides is 2. The standard InChI is InChI=1S/C25H25Cl2F2N7O3/c1-2-35(23(38)20-10-16(37)11-31-20)21-12-36(34-22(21)14-6-7-18(26)19(27)8-14)25(32-13-30)33-15-4-3-5-17(9-15)39-24(28)29/h3-9,16,20-21,24,31,37H,2,10-12H2,1H3,(H,32,33)/t16-,20-,21-/m1/s1. The number of hydrazone groups is 1. The summed E-state index contributed by atoms with van der Waals surface area (Å²) in [7, 11) is 0. The van der Waals surface area contributed by atoms with Crippen LogP contribution in [0.4, 0.5) is 14.5 Å².